The van der Waals surface area contributed by atoms with E-state index in [1.54, 1.807) is 0 Å². The van der Waals surface area contributed by atoms with Crippen LogP contribution < -0.4 is 10.2 Å². The molecule has 136 valence electrons. The van der Waals surface area contributed by atoms with E-state index in [1.807, 2.05) is 86.4 Å². The molecule has 0 saturated heterocycles. The molecule has 4 rings (SSSR count). The number of carbonyl (C=O) groups is 1. The van der Waals surface area contributed by atoms with Gasteiger partial charge < -0.3 is 10.2 Å². The summed E-state index contributed by atoms with van der Waals surface area (Å²) in [4.78, 5) is 16.6. The van der Waals surface area contributed by atoms with Crippen molar-refractivity contribution in [2.45, 2.75) is 6.92 Å². The zero-order valence-corrected chi connectivity index (χ0v) is 16.2. The number of aromatic nitrogens is 2. The maximum absolute atomic E-state index is 12.9. The molecule has 1 N–H and O–H groups in total. The second-order valence-electron chi connectivity index (χ2n) is 6.40. The van der Waals surface area contributed by atoms with Crippen molar-refractivity contribution in [3.63, 3.8) is 0 Å². The van der Waals surface area contributed by atoms with E-state index >= 15 is 0 Å². The van der Waals surface area contributed by atoms with E-state index in [4.69, 9.17) is 0 Å². The highest BCUT2D eigenvalue weighted by Gasteiger charge is 2.17. The van der Waals surface area contributed by atoms with Crippen LogP contribution in [0.5, 0.6) is 0 Å². The molecule has 0 atom stereocenters. The molecule has 4 aromatic rings. The molecule has 0 aliphatic carbocycles. The molecule has 0 saturated carbocycles. The third-order valence-electron chi connectivity index (χ3n) is 4.58. The summed E-state index contributed by atoms with van der Waals surface area (Å²) >= 11 is 1.46. The summed E-state index contributed by atoms with van der Waals surface area (Å²) in [5, 5.41) is 8.49. The Morgan fingerprint density at radius 3 is 2.56 bits per heavy atom. The summed E-state index contributed by atoms with van der Waals surface area (Å²) in [7, 11) is 3.90. The van der Waals surface area contributed by atoms with E-state index in [0.717, 1.165) is 33.0 Å². The number of anilines is 3. The quantitative estimate of drug-likeness (QED) is 0.547. The first-order valence-corrected chi connectivity index (χ1v) is 9.48. The molecule has 0 unspecified atom stereocenters. The lowest BCUT2D eigenvalue weighted by molar-refractivity contribution is 0.103. The van der Waals surface area contributed by atoms with Crippen LogP contribution in [0.1, 0.15) is 15.4 Å². The van der Waals surface area contributed by atoms with Crippen molar-refractivity contribution < 1.29 is 4.79 Å². The minimum atomic E-state index is -0.107. The lowest BCUT2D eigenvalue weighted by Crippen LogP contribution is -2.16. The zero-order chi connectivity index (χ0) is 19.0. The van der Waals surface area contributed by atoms with Crippen LogP contribution in [0.15, 0.2) is 60.7 Å². The minimum Gasteiger partial charge on any atom is -0.343 e. The first kappa shape index (κ1) is 17.3. The van der Waals surface area contributed by atoms with Crippen LogP contribution in [0.2, 0.25) is 0 Å². The van der Waals surface area contributed by atoms with Crippen molar-refractivity contribution in [3.05, 3.63) is 71.2 Å². The molecular formula is C21H20N4OS. The van der Waals surface area contributed by atoms with Crippen molar-refractivity contribution in [1.29, 1.82) is 0 Å². The summed E-state index contributed by atoms with van der Waals surface area (Å²) < 4.78 is 1.82. The number of amides is 1. The summed E-state index contributed by atoms with van der Waals surface area (Å²) in [6, 6.07) is 19.8. The second kappa shape index (κ2) is 6.89. The number of rotatable bonds is 4. The SMILES string of the molecule is Cc1nn(C)c2sc(C(=O)Nc3ccccc3N(C)c3ccccc3)cc12. The Labute approximate surface area is 161 Å². The summed E-state index contributed by atoms with van der Waals surface area (Å²) in [6.45, 7) is 1.96. The summed E-state index contributed by atoms with van der Waals surface area (Å²) in [6.07, 6.45) is 0. The third-order valence-corrected chi connectivity index (χ3v) is 5.78. The Bertz CT molecular complexity index is 1080. The number of hydrogen-bond acceptors (Lipinski definition) is 4. The van der Waals surface area contributed by atoms with Crippen molar-refractivity contribution in [3.8, 4) is 0 Å². The summed E-state index contributed by atoms with van der Waals surface area (Å²) in [5.74, 6) is -0.107. The molecule has 2 aromatic heterocycles. The normalized spacial score (nSPS) is 10.9. The van der Waals surface area contributed by atoms with Gasteiger partial charge in [-0.3, -0.25) is 9.48 Å². The predicted molar refractivity (Wildman–Crippen MR) is 112 cm³/mol. The average molecular weight is 376 g/mol. The Balaban J connectivity index is 1.64. The van der Waals surface area contributed by atoms with Crippen molar-refractivity contribution in [2.75, 3.05) is 17.3 Å². The largest absolute Gasteiger partial charge is 0.343 e. The van der Waals surface area contributed by atoms with Gasteiger partial charge in [-0.2, -0.15) is 5.10 Å². The fourth-order valence-corrected chi connectivity index (χ4v) is 4.18. The van der Waals surface area contributed by atoms with Crippen LogP contribution in [0.3, 0.4) is 0 Å². The van der Waals surface area contributed by atoms with Gasteiger partial charge >= 0.3 is 0 Å². The zero-order valence-electron chi connectivity index (χ0n) is 15.4. The van der Waals surface area contributed by atoms with E-state index in [2.05, 4.69) is 15.3 Å². The van der Waals surface area contributed by atoms with Crippen LogP contribution in [-0.4, -0.2) is 22.7 Å². The molecule has 0 radical (unpaired) electrons. The molecule has 2 aromatic carbocycles. The number of thiophene rings is 1. The van der Waals surface area contributed by atoms with E-state index in [1.165, 1.54) is 11.3 Å². The first-order chi connectivity index (χ1) is 13.0. The number of hydrogen-bond donors (Lipinski definition) is 1. The predicted octanol–water partition coefficient (Wildman–Crippen LogP) is 4.96. The number of nitrogens with zero attached hydrogens (tertiary/aromatic N) is 3. The first-order valence-electron chi connectivity index (χ1n) is 8.67. The van der Waals surface area contributed by atoms with Gasteiger partial charge in [0.1, 0.15) is 4.83 Å². The Kier molecular flexibility index (Phi) is 4.41. The van der Waals surface area contributed by atoms with Gasteiger partial charge in [0.2, 0.25) is 0 Å². The van der Waals surface area contributed by atoms with Crippen LogP contribution in [0, 0.1) is 6.92 Å². The highest BCUT2D eigenvalue weighted by Crippen LogP contribution is 2.32. The average Bonchev–Trinajstić information content (AvgIpc) is 3.24. The monoisotopic (exact) mass is 376 g/mol. The molecule has 6 heteroatoms. The maximum atomic E-state index is 12.9. The minimum absolute atomic E-state index is 0.107. The van der Waals surface area contributed by atoms with Crippen LogP contribution in [0.4, 0.5) is 17.1 Å². The lowest BCUT2D eigenvalue weighted by Gasteiger charge is -2.22. The van der Waals surface area contributed by atoms with Gasteiger partial charge in [0.05, 0.1) is 21.9 Å². The lowest BCUT2D eigenvalue weighted by atomic mass is 10.2. The van der Waals surface area contributed by atoms with Crippen molar-refractivity contribution in [2.24, 2.45) is 7.05 Å². The molecule has 27 heavy (non-hydrogen) atoms. The Morgan fingerprint density at radius 1 is 1.11 bits per heavy atom. The van der Waals surface area contributed by atoms with Gasteiger partial charge in [0, 0.05) is 25.2 Å². The fraction of sp³-hybridized carbons (Fsp3) is 0.143. The highest BCUT2D eigenvalue weighted by molar-refractivity contribution is 7.20. The highest BCUT2D eigenvalue weighted by atomic mass is 32.1. The van der Waals surface area contributed by atoms with Crippen LogP contribution in [-0.2, 0) is 7.05 Å². The van der Waals surface area contributed by atoms with Crippen LogP contribution >= 0.6 is 11.3 Å². The molecule has 5 nitrogen and oxygen atoms in total. The standard InChI is InChI=1S/C21H20N4OS/c1-14-16-13-19(27-21(16)25(3)23-14)20(26)22-17-11-7-8-12-18(17)24(2)15-9-5-4-6-10-15/h4-13H,1-3H3,(H,22,26). The third kappa shape index (κ3) is 3.19. The van der Waals surface area contributed by atoms with Gasteiger partial charge in [-0.15, -0.1) is 11.3 Å². The maximum Gasteiger partial charge on any atom is 0.265 e. The van der Waals surface area contributed by atoms with E-state index in [-0.39, 0.29) is 5.91 Å². The van der Waals surface area contributed by atoms with Gasteiger partial charge in [0.25, 0.3) is 5.91 Å². The van der Waals surface area contributed by atoms with Crippen molar-refractivity contribution in [1.82, 2.24) is 9.78 Å². The molecule has 0 bridgehead atoms. The number of fused-ring (bicyclic) bond motifs is 1. The van der Waals surface area contributed by atoms with Crippen molar-refractivity contribution >= 4 is 44.5 Å². The van der Waals surface area contributed by atoms with Gasteiger partial charge in [-0.1, -0.05) is 30.3 Å². The molecule has 0 fully saturated rings. The van der Waals surface area contributed by atoms with E-state index in [9.17, 15) is 4.79 Å². The van der Waals surface area contributed by atoms with Crippen LogP contribution in [0.25, 0.3) is 10.2 Å². The molecule has 2 heterocycles. The molecule has 0 aliphatic heterocycles. The Hall–Kier alpha value is -3.12. The topological polar surface area (TPSA) is 50.2 Å². The summed E-state index contributed by atoms with van der Waals surface area (Å²) in [5.41, 5.74) is 3.71. The number of benzene rings is 2. The van der Waals surface area contributed by atoms with E-state index < -0.39 is 0 Å². The number of para-hydroxylation sites is 3. The number of nitrogens with one attached hydrogen (secondary N) is 1. The van der Waals surface area contributed by atoms with E-state index in [0.29, 0.717) is 4.88 Å². The fourth-order valence-electron chi connectivity index (χ4n) is 3.16. The molecule has 0 aliphatic rings. The second-order valence-corrected chi connectivity index (χ2v) is 7.43. The Morgan fingerprint density at radius 2 is 1.81 bits per heavy atom. The van der Waals surface area contributed by atoms with Gasteiger partial charge in [-0.25, -0.2) is 0 Å². The number of carbonyl (C=O) groups excluding carboxylic acids is 1. The smallest absolute Gasteiger partial charge is 0.265 e. The molecular weight excluding hydrogens is 356 g/mol. The van der Waals surface area contributed by atoms with Gasteiger partial charge in [-0.05, 0) is 37.3 Å². The van der Waals surface area contributed by atoms with Gasteiger partial charge in [0.15, 0.2) is 0 Å². The molecule has 0 spiro atoms. The number of aryl methyl sites for hydroxylation is 2. The molecule has 1 amide bonds.